The maximum absolute atomic E-state index is 11.3. The molecule has 1 aliphatic heterocycles. The molecule has 5 heteroatoms. The Kier molecular flexibility index (Phi) is 7.45. The molecule has 0 saturated carbocycles. The highest BCUT2D eigenvalue weighted by atomic mass is 35.5. The van der Waals surface area contributed by atoms with Gasteiger partial charge >= 0.3 is 5.97 Å². The minimum Gasteiger partial charge on any atom is -0.496 e. The fraction of sp³-hybridized carbons (Fsp3) is 0.423. The number of hydrogen-bond donors (Lipinski definition) is 1. The van der Waals surface area contributed by atoms with Gasteiger partial charge < -0.3 is 14.6 Å². The number of carbonyl (C=O) groups is 1. The first-order valence-corrected chi connectivity index (χ1v) is 11.0. The van der Waals surface area contributed by atoms with Crippen LogP contribution in [0.4, 0.5) is 0 Å². The Morgan fingerprint density at radius 1 is 1.26 bits per heavy atom. The van der Waals surface area contributed by atoms with Crippen molar-refractivity contribution in [3.05, 3.63) is 76.3 Å². The van der Waals surface area contributed by atoms with Crippen LogP contribution in [0, 0.1) is 11.8 Å². The van der Waals surface area contributed by atoms with Gasteiger partial charge in [-0.3, -0.25) is 4.79 Å². The summed E-state index contributed by atoms with van der Waals surface area (Å²) in [5.74, 6) is 0.424. The second-order valence-corrected chi connectivity index (χ2v) is 9.20. The molecule has 0 amide bonds. The maximum Gasteiger partial charge on any atom is 0.307 e. The van der Waals surface area contributed by atoms with Gasteiger partial charge in [0, 0.05) is 22.4 Å². The average molecular weight is 443 g/mol. The molecular weight excluding hydrogens is 412 g/mol. The molecule has 0 radical (unpaired) electrons. The van der Waals surface area contributed by atoms with Crippen LogP contribution in [0.3, 0.4) is 0 Å². The SMILES string of the molecule is C=C(C)[C@H]1C[C@H](c2ccc(Cl)cc2)[C@H](C(C)C)O[C@@H]1c1cc(CC(=O)O)ccc1OC. The maximum atomic E-state index is 11.3. The molecule has 0 spiro atoms. The van der Waals surface area contributed by atoms with Crippen molar-refractivity contribution in [1.29, 1.82) is 0 Å². The van der Waals surface area contributed by atoms with Gasteiger partial charge in [0.25, 0.3) is 0 Å². The van der Waals surface area contributed by atoms with E-state index in [0.29, 0.717) is 11.7 Å². The van der Waals surface area contributed by atoms with Crippen molar-refractivity contribution in [2.24, 2.45) is 11.8 Å². The molecule has 1 saturated heterocycles. The Labute approximate surface area is 189 Å². The van der Waals surface area contributed by atoms with E-state index in [1.54, 1.807) is 13.2 Å². The van der Waals surface area contributed by atoms with E-state index < -0.39 is 5.97 Å². The summed E-state index contributed by atoms with van der Waals surface area (Å²) in [6.45, 7) is 10.6. The van der Waals surface area contributed by atoms with E-state index in [4.69, 9.17) is 21.1 Å². The molecule has 4 nitrogen and oxygen atoms in total. The van der Waals surface area contributed by atoms with Crippen LogP contribution in [0.2, 0.25) is 5.02 Å². The largest absolute Gasteiger partial charge is 0.496 e. The average Bonchev–Trinajstić information content (AvgIpc) is 2.72. The summed E-state index contributed by atoms with van der Waals surface area (Å²) in [6, 6.07) is 13.6. The predicted molar refractivity (Wildman–Crippen MR) is 124 cm³/mol. The van der Waals surface area contributed by atoms with E-state index in [0.717, 1.165) is 28.1 Å². The zero-order valence-electron chi connectivity index (χ0n) is 18.6. The molecule has 0 bridgehead atoms. The third kappa shape index (κ3) is 5.31. The lowest BCUT2D eigenvalue weighted by atomic mass is 9.73. The normalized spacial score (nSPS) is 23.5. The van der Waals surface area contributed by atoms with Gasteiger partial charge in [0.2, 0.25) is 0 Å². The minimum atomic E-state index is -0.861. The van der Waals surface area contributed by atoms with E-state index in [1.165, 1.54) is 5.56 Å². The third-order valence-electron chi connectivity index (χ3n) is 6.12. The van der Waals surface area contributed by atoms with Gasteiger partial charge in [0.05, 0.1) is 25.7 Å². The molecule has 3 rings (SSSR count). The summed E-state index contributed by atoms with van der Waals surface area (Å²) >= 11 is 6.11. The van der Waals surface area contributed by atoms with Crippen molar-refractivity contribution in [3.8, 4) is 5.75 Å². The molecule has 2 aromatic rings. The molecule has 1 fully saturated rings. The summed E-state index contributed by atoms with van der Waals surface area (Å²) < 4.78 is 12.4. The summed E-state index contributed by atoms with van der Waals surface area (Å²) in [4.78, 5) is 11.3. The first-order valence-electron chi connectivity index (χ1n) is 10.7. The molecule has 31 heavy (non-hydrogen) atoms. The number of benzene rings is 2. The number of carboxylic acid groups (broad SMARTS) is 1. The molecule has 1 N–H and O–H groups in total. The topological polar surface area (TPSA) is 55.8 Å². The van der Waals surface area contributed by atoms with Gasteiger partial charge in [-0.1, -0.05) is 55.8 Å². The number of methoxy groups -OCH3 is 1. The highest BCUT2D eigenvalue weighted by Crippen LogP contribution is 2.49. The molecule has 0 aromatic heterocycles. The molecule has 2 aromatic carbocycles. The van der Waals surface area contributed by atoms with Gasteiger partial charge in [0.15, 0.2) is 0 Å². The monoisotopic (exact) mass is 442 g/mol. The van der Waals surface area contributed by atoms with Crippen molar-refractivity contribution in [2.45, 2.75) is 51.7 Å². The lowest BCUT2D eigenvalue weighted by molar-refractivity contribution is -0.136. The predicted octanol–water partition coefficient (Wildman–Crippen LogP) is 6.44. The van der Waals surface area contributed by atoms with Crippen LogP contribution in [0.5, 0.6) is 5.75 Å². The van der Waals surface area contributed by atoms with Crippen molar-refractivity contribution in [1.82, 2.24) is 0 Å². The summed E-state index contributed by atoms with van der Waals surface area (Å²) in [7, 11) is 1.63. The van der Waals surface area contributed by atoms with Crippen molar-refractivity contribution in [3.63, 3.8) is 0 Å². The molecule has 166 valence electrons. The summed E-state index contributed by atoms with van der Waals surface area (Å²) in [5.41, 5.74) is 3.86. The van der Waals surface area contributed by atoms with Gasteiger partial charge in [-0.25, -0.2) is 0 Å². The standard InChI is InChI=1S/C26H31ClO4/c1-15(2)20-14-21(18-7-9-19(27)10-8-18)25(16(3)4)31-26(20)22-12-17(13-24(28)29)6-11-23(22)30-5/h6-12,16,20-21,25-26H,1,13-14H2,2-5H3,(H,28,29)/t20-,21-,25+,26+/m1/s1. The van der Waals surface area contributed by atoms with E-state index in [1.807, 2.05) is 31.2 Å². The third-order valence-corrected chi connectivity index (χ3v) is 6.37. The Balaban J connectivity index is 2.04. The van der Waals surface area contributed by atoms with Crippen molar-refractivity contribution in [2.75, 3.05) is 7.11 Å². The van der Waals surface area contributed by atoms with Crippen molar-refractivity contribution < 1.29 is 19.4 Å². The van der Waals surface area contributed by atoms with Gasteiger partial charge in [0.1, 0.15) is 5.75 Å². The number of halogens is 1. The second kappa shape index (κ2) is 9.88. The molecule has 1 heterocycles. The van der Waals surface area contributed by atoms with Crippen LogP contribution in [-0.2, 0) is 16.0 Å². The van der Waals surface area contributed by atoms with Gasteiger partial charge in [-0.2, -0.15) is 0 Å². The first kappa shape index (κ1) is 23.4. The molecule has 0 unspecified atom stereocenters. The Morgan fingerprint density at radius 3 is 2.48 bits per heavy atom. The lowest BCUT2D eigenvalue weighted by Crippen LogP contribution is -2.39. The minimum absolute atomic E-state index is 0.00499. The molecule has 1 aliphatic rings. The number of carboxylic acids is 1. The van der Waals surface area contributed by atoms with E-state index in [9.17, 15) is 9.90 Å². The fourth-order valence-electron chi connectivity index (χ4n) is 4.59. The second-order valence-electron chi connectivity index (χ2n) is 8.76. The van der Waals surface area contributed by atoms with Gasteiger partial charge in [-0.15, -0.1) is 0 Å². The van der Waals surface area contributed by atoms with Crippen LogP contribution in [0.15, 0.2) is 54.6 Å². The fourth-order valence-corrected chi connectivity index (χ4v) is 4.71. The number of hydrogen-bond acceptors (Lipinski definition) is 3. The van der Waals surface area contributed by atoms with Crippen LogP contribution >= 0.6 is 11.6 Å². The quantitative estimate of drug-likeness (QED) is 0.501. The van der Waals surface area contributed by atoms with E-state index in [-0.39, 0.29) is 30.5 Å². The van der Waals surface area contributed by atoms with Crippen LogP contribution in [0.1, 0.15) is 55.9 Å². The number of rotatable bonds is 7. The van der Waals surface area contributed by atoms with E-state index >= 15 is 0 Å². The molecule has 4 atom stereocenters. The molecule has 0 aliphatic carbocycles. The van der Waals surface area contributed by atoms with E-state index in [2.05, 4.69) is 32.6 Å². The first-order chi connectivity index (χ1) is 14.7. The molecular formula is C26H31ClO4. The Morgan fingerprint density at radius 2 is 1.94 bits per heavy atom. The lowest BCUT2D eigenvalue weighted by Gasteiger charge is -2.44. The number of aliphatic carboxylic acids is 1. The Bertz CT molecular complexity index is 935. The zero-order valence-corrected chi connectivity index (χ0v) is 19.4. The highest BCUT2D eigenvalue weighted by Gasteiger charge is 2.42. The van der Waals surface area contributed by atoms with Crippen LogP contribution in [0.25, 0.3) is 0 Å². The number of ether oxygens (including phenoxy) is 2. The zero-order chi connectivity index (χ0) is 22.7. The highest BCUT2D eigenvalue weighted by molar-refractivity contribution is 6.30. The van der Waals surface area contributed by atoms with Crippen LogP contribution < -0.4 is 4.74 Å². The smallest absolute Gasteiger partial charge is 0.307 e. The summed E-state index contributed by atoms with van der Waals surface area (Å²) in [6.07, 6.45) is 0.589. The Hall–Kier alpha value is -2.30. The summed E-state index contributed by atoms with van der Waals surface area (Å²) in [5, 5.41) is 9.96. The van der Waals surface area contributed by atoms with Crippen molar-refractivity contribution >= 4 is 17.6 Å². The van der Waals surface area contributed by atoms with Crippen LogP contribution in [-0.4, -0.2) is 24.3 Å². The van der Waals surface area contributed by atoms with Gasteiger partial charge in [-0.05, 0) is 54.7 Å².